The molecule has 2 heterocycles. The van der Waals surface area contributed by atoms with Gasteiger partial charge in [-0.1, -0.05) is 19.1 Å². The third-order valence-corrected chi connectivity index (χ3v) is 6.50. The second-order valence-corrected chi connectivity index (χ2v) is 8.42. The summed E-state index contributed by atoms with van der Waals surface area (Å²) in [5.41, 5.74) is 5.65. The van der Waals surface area contributed by atoms with Crippen LogP contribution < -0.4 is 5.32 Å². The van der Waals surface area contributed by atoms with Crippen molar-refractivity contribution >= 4 is 50.4 Å². The Balaban J connectivity index is 1.60. The number of imidazole rings is 1. The first-order chi connectivity index (χ1) is 15.1. The van der Waals surface area contributed by atoms with Crippen LogP contribution in [0.3, 0.4) is 0 Å². The Morgan fingerprint density at radius 2 is 1.94 bits per heavy atom. The fraction of sp³-hybridized carbons (Fsp3) is 0.120. The highest BCUT2D eigenvalue weighted by Crippen LogP contribution is 2.32. The molecular weight excluding hydrogens is 406 g/mol. The van der Waals surface area contributed by atoms with Crippen molar-refractivity contribution in [3.63, 3.8) is 0 Å². The summed E-state index contributed by atoms with van der Waals surface area (Å²) in [6, 6.07) is 19.3. The first-order valence-corrected chi connectivity index (χ1v) is 11.0. The van der Waals surface area contributed by atoms with Crippen LogP contribution in [0.25, 0.3) is 21.1 Å². The molecule has 6 heteroatoms. The van der Waals surface area contributed by atoms with E-state index >= 15 is 0 Å². The van der Waals surface area contributed by atoms with E-state index in [0.717, 1.165) is 45.1 Å². The van der Waals surface area contributed by atoms with Crippen molar-refractivity contribution in [3.05, 3.63) is 82.7 Å². The average molecular weight is 428 g/mol. The number of aromatic nitrogens is 2. The molecule has 2 N–H and O–H groups in total. The smallest absolute Gasteiger partial charge is 0.208 e. The number of aryl methyl sites for hydroxylation is 1. The minimum Gasteiger partial charge on any atom is -0.508 e. The number of phenols is 1. The summed E-state index contributed by atoms with van der Waals surface area (Å²) in [6.45, 7) is 2.73. The molecule has 2 aromatic heterocycles. The van der Waals surface area contributed by atoms with Gasteiger partial charge in [-0.3, -0.25) is 4.79 Å². The molecule has 5 rings (SSSR count). The largest absolute Gasteiger partial charge is 0.508 e. The molecular formula is C25H21N3O2S. The number of nitrogens with one attached hydrogen (secondary N) is 1. The molecule has 0 saturated heterocycles. The van der Waals surface area contributed by atoms with E-state index in [4.69, 9.17) is 4.98 Å². The van der Waals surface area contributed by atoms with Crippen LogP contribution in [0.2, 0.25) is 0 Å². The molecule has 5 nitrogen and oxygen atoms in total. The number of hydrogen-bond donors (Lipinski definition) is 2. The first-order valence-electron chi connectivity index (χ1n) is 10.1. The summed E-state index contributed by atoms with van der Waals surface area (Å²) >= 11 is 1.66. The van der Waals surface area contributed by atoms with Gasteiger partial charge in [0.25, 0.3) is 0 Å². The van der Waals surface area contributed by atoms with Crippen molar-refractivity contribution in [2.24, 2.45) is 0 Å². The monoisotopic (exact) mass is 427 g/mol. The molecule has 0 amide bonds. The van der Waals surface area contributed by atoms with Crippen LogP contribution in [-0.4, -0.2) is 20.9 Å². The number of hydrogen-bond acceptors (Lipinski definition) is 5. The quantitative estimate of drug-likeness (QED) is 0.320. The van der Waals surface area contributed by atoms with E-state index < -0.39 is 0 Å². The SMILES string of the molecule is CCc1ccc(Nc2nc3cc(C=O)ccc3n2Cc2csc3ccc(O)cc23)cc1. The summed E-state index contributed by atoms with van der Waals surface area (Å²) in [7, 11) is 0. The number of aromatic hydroxyl groups is 1. The summed E-state index contributed by atoms with van der Waals surface area (Å²) < 4.78 is 3.24. The highest BCUT2D eigenvalue weighted by molar-refractivity contribution is 7.17. The van der Waals surface area contributed by atoms with Gasteiger partial charge in [-0.2, -0.15) is 0 Å². The molecule has 0 spiro atoms. The molecule has 0 aliphatic carbocycles. The standard InChI is InChI=1S/C25H21N3O2S/c1-2-16-3-6-19(7-4-16)26-25-27-22-11-17(14-29)5-9-23(22)28(25)13-18-15-31-24-10-8-20(30)12-21(18)24/h3-12,14-15,30H,2,13H2,1H3,(H,26,27). The highest BCUT2D eigenvalue weighted by Gasteiger charge is 2.15. The Labute approximate surface area is 183 Å². The van der Waals surface area contributed by atoms with Crippen LogP contribution in [0.1, 0.15) is 28.4 Å². The molecule has 0 bridgehead atoms. The summed E-state index contributed by atoms with van der Waals surface area (Å²) in [4.78, 5) is 16.0. The lowest BCUT2D eigenvalue weighted by Gasteiger charge is -2.11. The highest BCUT2D eigenvalue weighted by atomic mass is 32.1. The number of nitrogens with zero attached hydrogens (tertiary/aromatic N) is 2. The van der Waals surface area contributed by atoms with E-state index in [-0.39, 0.29) is 5.75 Å². The molecule has 5 aromatic rings. The number of thiophene rings is 1. The number of carbonyl (C=O) groups excluding carboxylic acids is 1. The third-order valence-electron chi connectivity index (χ3n) is 5.49. The van der Waals surface area contributed by atoms with E-state index in [1.54, 1.807) is 23.5 Å². The molecule has 3 aromatic carbocycles. The van der Waals surface area contributed by atoms with E-state index in [9.17, 15) is 9.90 Å². The van der Waals surface area contributed by atoms with Crippen molar-refractivity contribution in [1.82, 2.24) is 9.55 Å². The molecule has 0 unspecified atom stereocenters. The number of carbonyl (C=O) groups is 1. The minimum absolute atomic E-state index is 0.257. The van der Waals surface area contributed by atoms with Gasteiger partial charge in [-0.15, -0.1) is 11.3 Å². The Bertz CT molecular complexity index is 1400. The van der Waals surface area contributed by atoms with E-state index in [1.807, 2.05) is 24.3 Å². The molecule has 154 valence electrons. The molecule has 0 saturated carbocycles. The zero-order valence-electron chi connectivity index (χ0n) is 17.0. The summed E-state index contributed by atoms with van der Waals surface area (Å²) in [6.07, 6.45) is 1.83. The maximum atomic E-state index is 11.3. The van der Waals surface area contributed by atoms with E-state index in [0.29, 0.717) is 18.1 Å². The Morgan fingerprint density at radius 1 is 1.10 bits per heavy atom. The van der Waals surface area contributed by atoms with Crippen LogP contribution in [0, 0.1) is 0 Å². The van der Waals surface area contributed by atoms with Crippen molar-refractivity contribution in [2.75, 3.05) is 5.32 Å². The molecule has 0 aliphatic rings. The number of rotatable bonds is 6. The van der Waals surface area contributed by atoms with Gasteiger partial charge in [0, 0.05) is 21.3 Å². The zero-order chi connectivity index (χ0) is 21.4. The van der Waals surface area contributed by atoms with Crippen LogP contribution in [0.5, 0.6) is 5.75 Å². The molecule has 0 atom stereocenters. The van der Waals surface area contributed by atoms with Crippen LogP contribution >= 0.6 is 11.3 Å². The van der Waals surface area contributed by atoms with Crippen LogP contribution in [0.15, 0.2) is 66.0 Å². The third kappa shape index (κ3) is 3.66. The van der Waals surface area contributed by atoms with Gasteiger partial charge in [-0.05, 0) is 71.5 Å². The Hall–Kier alpha value is -3.64. The molecule has 0 aliphatic heterocycles. The first kappa shape index (κ1) is 19.3. The fourth-order valence-electron chi connectivity index (χ4n) is 3.79. The molecule has 31 heavy (non-hydrogen) atoms. The fourth-order valence-corrected chi connectivity index (χ4v) is 4.73. The number of aldehydes is 1. The van der Waals surface area contributed by atoms with Crippen LogP contribution in [0.4, 0.5) is 11.6 Å². The average Bonchev–Trinajstić information content (AvgIpc) is 3.35. The zero-order valence-corrected chi connectivity index (χ0v) is 17.8. The van der Waals surface area contributed by atoms with Crippen molar-refractivity contribution < 1.29 is 9.90 Å². The maximum absolute atomic E-state index is 11.3. The van der Waals surface area contributed by atoms with E-state index in [1.165, 1.54) is 5.56 Å². The minimum atomic E-state index is 0.257. The lowest BCUT2D eigenvalue weighted by atomic mass is 10.1. The van der Waals surface area contributed by atoms with Crippen molar-refractivity contribution in [2.45, 2.75) is 19.9 Å². The Morgan fingerprint density at radius 3 is 2.71 bits per heavy atom. The number of benzene rings is 3. The van der Waals surface area contributed by atoms with Gasteiger partial charge in [0.1, 0.15) is 12.0 Å². The predicted octanol–water partition coefficient (Wildman–Crippen LogP) is 6.12. The van der Waals surface area contributed by atoms with Gasteiger partial charge in [0.15, 0.2) is 0 Å². The number of phenolic OH excluding ortho intramolecular Hbond substituents is 1. The lowest BCUT2D eigenvalue weighted by Crippen LogP contribution is -2.05. The van der Waals surface area contributed by atoms with E-state index in [2.05, 4.69) is 46.5 Å². The second-order valence-electron chi connectivity index (χ2n) is 7.50. The molecule has 0 radical (unpaired) electrons. The normalized spacial score (nSPS) is 11.3. The lowest BCUT2D eigenvalue weighted by molar-refractivity contribution is 0.112. The Kier molecular flexibility index (Phi) is 4.92. The maximum Gasteiger partial charge on any atom is 0.208 e. The van der Waals surface area contributed by atoms with Gasteiger partial charge < -0.3 is 15.0 Å². The van der Waals surface area contributed by atoms with Gasteiger partial charge in [0.2, 0.25) is 5.95 Å². The van der Waals surface area contributed by atoms with Crippen molar-refractivity contribution in [1.29, 1.82) is 0 Å². The van der Waals surface area contributed by atoms with Gasteiger partial charge >= 0.3 is 0 Å². The van der Waals surface area contributed by atoms with Crippen molar-refractivity contribution in [3.8, 4) is 5.75 Å². The number of fused-ring (bicyclic) bond motifs is 2. The predicted molar refractivity (Wildman–Crippen MR) is 127 cm³/mol. The topological polar surface area (TPSA) is 67.2 Å². The number of anilines is 2. The summed E-state index contributed by atoms with van der Waals surface area (Å²) in [5, 5.41) is 16.6. The van der Waals surface area contributed by atoms with Crippen LogP contribution in [-0.2, 0) is 13.0 Å². The van der Waals surface area contributed by atoms with Gasteiger partial charge in [-0.25, -0.2) is 4.98 Å². The molecule has 0 fully saturated rings. The van der Waals surface area contributed by atoms with Gasteiger partial charge in [0.05, 0.1) is 17.6 Å². The summed E-state index contributed by atoms with van der Waals surface area (Å²) in [5.74, 6) is 0.967. The second kappa shape index (κ2) is 7.89.